The number of thioether (sulfide) groups is 1. The average Bonchev–Trinajstić information content (AvgIpc) is 3.23. The van der Waals surface area contributed by atoms with Crippen molar-refractivity contribution in [2.45, 2.75) is 39.8 Å². The van der Waals surface area contributed by atoms with Crippen LogP contribution in [0.1, 0.15) is 44.4 Å². The summed E-state index contributed by atoms with van der Waals surface area (Å²) in [4.78, 5) is 32.4. The molecule has 8 heteroatoms. The van der Waals surface area contributed by atoms with Gasteiger partial charge in [0, 0.05) is 17.8 Å². The van der Waals surface area contributed by atoms with Gasteiger partial charge in [-0.25, -0.2) is 14.2 Å². The molecule has 0 aliphatic carbocycles. The molecule has 182 valence electrons. The van der Waals surface area contributed by atoms with Crippen LogP contribution in [0, 0.1) is 11.7 Å². The smallest absolute Gasteiger partial charge is 0.338 e. The monoisotopic (exact) mass is 493 g/mol. The third kappa shape index (κ3) is 5.65. The highest BCUT2D eigenvalue weighted by molar-refractivity contribution is 8.16. The summed E-state index contributed by atoms with van der Waals surface area (Å²) in [6, 6.07) is 14.9. The molecule has 0 bridgehead atoms. The van der Waals surface area contributed by atoms with Crippen LogP contribution < -0.4 is 5.32 Å². The third-order valence-corrected chi connectivity index (χ3v) is 6.57. The first-order valence-electron chi connectivity index (χ1n) is 11.5. The Labute approximate surface area is 209 Å². The van der Waals surface area contributed by atoms with Gasteiger partial charge in [-0.3, -0.25) is 4.79 Å². The normalized spacial score (nSPS) is 17.2. The molecule has 0 unspecified atom stereocenters. The van der Waals surface area contributed by atoms with Crippen molar-refractivity contribution in [3.8, 4) is 0 Å². The molecule has 2 heterocycles. The van der Waals surface area contributed by atoms with E-state index in [2.05, 4.69) is 10.3 Å². The second-order valence-corrected chi connectivity index (χ2v) is 9.69. The lowest BCUT2D eigenvalue weighted by molar-refractivity contribution is -0.141. The molecule has 2 aromatic carbocycles. The number of carbonyl (C=O) groups excluding carboxylic acids is 2. The number of ether oxygens (including phenoxy) is 1. The minimum atomic E-state index is -0.800. The zero-order chi connectivity index (χ0) is 24.9. The van der Waals surface area contributed by atoms with E-state index in [0.717, 1.165) is 5.56 Å². The van der Waals surface area contributed by atoms with E-state index in [4.69, 9.17) is 4.74 Å². The molecule has 0 saturated carbocycles. The number of rotatable bonds is 8. The van der Waals surface area contributed by atoms with Crippen molar-refractivity contribution in [1.82, 2.24) is 10.2 Å². The molecule has 0 aromatic heterocycles. The van der Waals surface area contributed by atoms with E-state index in [1.54, 1.807) is 30.0 Å². The van der Waals surface area contributed by atoms with Crippen molar-refractivity contribution in [2.24, 2.45) is 10.9 Å². The Morgan fingerprint density at radius 1 is 1.14 bits per heavy atom. The molecule has 1 N–H and O–H groups in total. The van der Waals surface area contributed by atoms with E-state index >= 15 is 4.39 Å². The van der Waals surface area contributed by atoms with E-state index in [1.807, 2.05) is 49.6 Å². The number of nitrogens with zero attached hydrogens (tertiary/aromatic N) is 2. The number of halogens is 1. The minimum Gasteiger partial charge on any atom is -0.457 e. The summed E-state index contributed by atoms with van der Waals surface area (Å²) >= 11 is 1.36. The highest BCUT2D eigenvalue weighted by atomic mass is 32.2. The quantitative estimate of drug-likeness (QED) is 0.505. The largest absolute Gasteiger partial charge is 0.457 e. The summed E-state index contributed by atoms with van der Waals surface area (Å²) in [7, 11) is 0. The number of fused-ring (bicyclic) bond motifs is 1. The standard InChI is InChI=1S/C27H28FN3O3S/c1-17(2)14-29-23(32)13-20-16-35-27-30-18(3)24(26(33)34-15-19-9-5-4-6-10-19)25(31(20)27)21-11-7-8-12-22(21)28/h4-12,16-17,25H,13-15H2,1-3H3,(H,29,32)/t25-/m0/s1. The Kier molecular flexibility index (Phi) is 7.70. The fourth-order valence-corrected chi connectivity index (χ4v) is 4.93. The number of hydrogen-bond donors (Lipinski definition) is 1. The lowest BCUT2D eigenvalue weighted by Gasteiger charge is -2.36. The number of esters is 1. The van der Waals surface area contributed by atoms with Gasteiger partial charge in [0.05, 0.1) is 23.7 Å². The van der Waals surface area contributed by atoms with Gasteiger partial charge in [-0.2, -0.15) is 0 Å². The molecule has 4 rings (SSSR count). The zero-order valence-corrected chi connectivity index (χ0v) is 20.8. The molecule has 2 aliphatic rings. The summed E-state index contributed by atoms with van der Waals surface area (Å²) in [5.41, 5.74) is 2.55. The lowest BCUT2D eigenvalue weighted by atomic mass is 9.93. The van der Waals surface area contributed by atoms with E-state index in [0.29, 0.717) is 34.6 Å². The van der Waals surface area contributed by atoms with Crippen molar-refractivity contribution < 1.29 is 18.7 Å². The number of aliphatic imine (C=N–C) groups is 1. The van der Waals surface area contributed by atoms with Crippen molar-refractivity contribution >= 4 is 28.8 Å². The number of benzene rings is 2. The first-order chi connectivity index (χ1) is 16.8. The molecule has 0 fully saturated rings. The van der Waals surface area contributed by atoms with Gasteiger partial charge in [0.1, 0.15) is 12.4 Å². The first kappa shape index (κ1) is 24.7. The van der Waals surface area contributed by atoms with E-state index in [1.165, 1.54) is 17.8 Å². The van der Waals surface area contributed by atoms with Gasteiger partial charge in [0.2, 0.25) is 5.91 Å². The van der Waals surface area contributed by atoms with Crippen LogP contribution in [-0.4, -0.2) is 28.5 Å². The molecule has 1 atom stereocenters. The molecule has 2 aromatic rings. The Morgan fingerprint density at radius 3 is 2.57 bits per heavy atom. The summed E-state index contributed by atoms with van der Waals surface area (Å²) in [6.45, 7) is 6.43. The molecule has 0 spiro atoms. The maximum absolute atomic E-state index is 15.1. The maximum Gasteiger partial charge on any atom is 0.338 e. The molecule has 0 radical (unpaired) electrons. The SMILES string of the molecule is CC1=C(C(=O)OCc2ccccc2)[C@H](c2ccccc2F)N2C(CC(=O)NCC(C)C)=CSC2=N1. The van der Waals surface area contributed by atoms with E-state index in [9.17, 15) is 9.59 Å². The molecule has 6 nitrogen and oxygen atoms in total. The topological polar surface area (TPSA) is 71.0 Å². The molecule has 2 aliphatic heterocycles. The summed E-state index contributed by atoms with van der Waals surface area (Å²) in [6.07, 6.45) is 0.0923. The number of hydrogen-bond acceptors (Lipinski definition) is 6. The van der Waals surface area contributed by atoms with Crippen LogP contribution in [0.15, 0.2) is 82.0 Å². The summed E-state index contributed by atoms with van der Waals surface area (Å²) < 4.78 is 20.7. The van der Waals surface area contributed by atoms with Crippen LogP contribution in [0.5, 0.6) is 0 Å². The lowest BCUT2D eigenvalue weighted by Crippen LogP contribution is -2.38. The van der Waals surface area contributed by atoms with Crippen molar-refractivity contribution in [1.29, 1.82) is 0 Å². The molecule has 35 heavy (non-hydrogen) atoms. The zero-order valence-electron chi connectivity index (χ0n) is 20.0. The second-order valence-electron chi connectivity index (χ2n) is 8.85. The van der Waals surface area contributed by atoms with Gasteiger partial charge in [-0.05, 0) is 29.9 Å². The van der Waals surface area contributed by atoms with E-state index < -0.39 is 17.8 Å². The van der Waals surface area contributed by atoms with Gasteiger partial charge < -0.3 is 15.0 Å². The predicted octanol–water partition coefficient (Wildman–Crippen LogP) is 5.31. The summed E-state index contributed by atoms with van der Waals surface area (Å²) in [5.74, 6) is -0.831. The van der Waals surface area contributed by atoms with Crippen molar-refractivity contribution in [3.05, 3.63) is 93.9 Å². The Hall–Kier alpha value is -3.39. The number of nitrogens with one attached hydrogen (secondary N) is 1. The minimum absolute atomic E-state index is 0.0894. The van der Waals surface area contributed by atoms with E-state index in [-0.39, 0.29) is 24.5 Å². The van der Waals surface area contributed by atoms with Crippen molar-refractivity contribution in [2.75, 3.05) is 6.54 Å². The number of amidine groups is 1. The maximum atomic E-state index is 15.1. The highest BCUT2D eigenvalue weighted by Gasteiger charge is 2.42. The Bertz CT molecular complexity index is 1210. The summed E-state index contributed by atoms with van der Waals surface area (Å²) in [5, 5.41) is 5.36. The van der Waals surface area contributed by atoms with Crippen molar-refractivity contribution in [3.63, 3.8) is 0 Å². The first-order valence-corrected chi connectivity index (χ1v) is 12.4. The average molecular weight is 494 g/mol. The van der Waals surface area contributed by atoms with Crippen LogP contribution in [0.4, 0.5) is 4.39 Å². The Morgan fingerprint density at radius 2 is 1.86 bits per heavy atom. The van der Waals surface area contributed by atoms with Crippen LogP contribution in [0.25, 0.3) is 0 Å². The van der Waals surface area contributed by atoms with Gasteiger partial charge in [-0.1, -0.05) is 74.1 Å². The van der Waals surface area contributed by atoms with Crippen LogP contribution >= 0.6 is 11.8 Å². The fourth-order valence-electron chi connectivity index (χ4n) is 3.97. The van der Waals surface area contributed by atoms with Crippen LogP contribution in [0.2, 0.25) is 0 Å². The van der Waals surface area contributed by atoms with Gasteiger partial charge in [0.25, 0.3) is 0 Å². The van der Waals surface area contributed by atoms with Crippen LogP contribution in [-0.2, 0) is 20.9 Å². The number of carbonyl (C=O) groups is 2. The Balaban J connectivity index is 1.66. The van der Waals surface area contributed by atoms with Gasteiger partial charge in [0.15, 0.2) is 5.17 Å². The molecule has 1 amide bonds. The molecular weight excluding hydrogens is 465 g/mol. The second kappa shape index (κ2) is 10.9. The molecule has 0 saturated heterocycles. The third-order valence-electron chi connectivity index (χ3n) is 5.68. The van der Waals surface area contributed by atoms with Gasteiger partial charge in [-0.15, -0.1) is 0 Å². The van der Waals surface area contributed by atoms with Crippen LogP contribution in [0.3, 0.4) is 0 Å². The number of amides is 1. The fraction of sp³-hybridized carbons (Fsp3) is 0.296. The van der Waals surface area contributed by atoms with Gasteiger partial charge >= 0.3 is 5.97 Å². The highest BCUT2D eigenvalue weighted by Crippen LogP contribution is 2.45. The molecular formula is C27H28FN3O3S. The number of allylic oxidation sites excluding steroid dienone is 1. The predicted molar refractivity (Wildman–Crippen MR) is 135 cm³/mol.